The first-order valence-corrected chi connectivity index (χ1v) is 8.50. The van der Waals surface area contributed by atoms with Crippen LogP contribution in [0.3, 0.4) is 0 Å². The Morgan fingerprint density at radius 1 is 1.16 bits per heavy atom. The Balaban J connectivity index is 2.38. The van der Waals surface area contributed by atoms with Gasteiger partial charge in [0.1, 0.15) is 6.07 Å². The normalized spacial score (nSPS) is 24.4. The molecule has 1 aromatic carbocycles. The Kier molecular flexibility index (Phi) is 4.12. The lowest BCUT2D eigenvalue weighted by Crippen LogP contribution is -2.43. The molecule has 25 heavy (non-hydrogen) atoms. The fraction of sp³-hybridized carbons (Fsp3) is 0.381. The second-order valence-corrected chi connectivity index (χ2v) is 6.97. The lowest BCUT2D eigenvalue weighted by Gasteiger charge is -2.43. The van der Waals surface area contributed by atoms with E-state index in [0.717, 1.165) is 41.5 Å². The zero-order valence-corrected chi connectivity index (χ0v) is 14.5. The summed E-state index contributed by atoms with van der Waals surface area (Å²) in [7, 11) is 0. The lowest BCUT2D eigenvalue weighted by atomic mass is 9.56. The molecule has 4 heteroatoms. The third-order valence-corrected chi connectivity index (χ3v) is 5.57. The third-order valence-electron chi connectivity index (χ3n) is 5.57. The van der Waals surface area contributed by atoms with Gasteiger partial charge in [0.2, 0.25) is 0 Å². The number of nitriles is 3. The Labute approximate surface area is 148 Å². The van der Waals surface area contributed by atoms with E-state index < -0.39 is 5.41 Å². The zero-order chi connectivity index (χ0) is 18.2. The van der Waals surface area contributed by atoms with E-state index in [-0.39, 0.29) is 17.5 Å². The first-order valence-electron chi connectivity index (χ1n) is 8.50. The van der Waals surface area contributed by atoms with Crippen LogP contribution < -0.4 is 5.73 Å². The highest BCUT2D eigenvalue weighted by Crippen LogP contribution is 2.56. The van der Waals surface area contributed by atoms with Crippen LogP contribution in [0.2, 0.25) is 0 Å². The molecule has 0 aliphatic heterocycles. The maximum absolute atomic E-state index is 9.99. The molecule has 2 N–H and O–H groups in total. The number of fused-ring (bicyclic) bond motifs is 1. The number of rotatable bonds is 1. The molecule has 0 bridgehead atoms. The number of benzene rings is 1. The van der Waals surface area contributed by atoms with E-state index >= 15 is 0 Å². The SMILES string of the molecule is Cc1ccc(C)c([C@H]2[C@H]3CCCC=C3C(C#N)=C(N)C2(C#N)C#N)c1. The Morgan fingerprint density at radius 2 is 1.88 bits per heavy atom. The summed E-state index contributed by atoms with van der Waals surface area (Å²) in [6.45, 7) is 4.00. The third kappa shape index (κ3) is 2.33. The van der Waals surface area contributed by atoms with Gasteiger partial charge in [0, 0.05) is 5.92 Å². The molecule has 1 aromatic rings. The molecular weight excluding hydrogens is 308 g/mol. The van der Waals surface area contributed by atoms with Crippen LogP contribution >= 0.6 is 0 Å². The summed E-state index contributed by atoms with van der Waals surface area (Å²) in [5, 5.41) is 29.6. The van der Waals surface area contributed by atoms with Gasteiger partial charge in [-0.3, -0.25) is 0 Å². The average Bonchev–Trinajstić information content (AvgIpc) is 2.63. The lowest BCUT2D eigenvalue weighted by molar-refractivity contribution is 0.316. The van der Waals surface area contributed by atoms with Gasteiger partial charge in [-0.2, -0.15) is 15.8 Å². The molecule has 4 nitrogen and oxygen atoms in total. The number of allylic oxidation sites excluding steroid dienone is 4. The fourth-order valence-electron chi connectivity index (χ4n) is 4.31. The van der Waals surface area contributed by atoms with E-state index in [4.69, 9.17) is 5.73 Å². The van der Waals surface area contributed by atoms with Crippen LogP contribution in [0, 0.1) is 59.2 Å². The van der Waals surface area contributed by atoms with Crippen molar-refractivity contribution in [1.29, 1.82) is 15.8 Å². The van der Waals surface area contributed by atoms with Crippen molar-refractivity contribution in [2.75, 3.05) is 0 Å². The molecule has 0 aromatic heterocycles. The fourth-order valence-corrected chi connectivity index (χ4v) is 4.31. The van der Waals surface area contributed by atoms with Crippen LogP contribution in [0.25, 0.3) is 0 Å². The molecule has 124 valence electrons. The van der Waals surface area contributed by atoms with Gasteiger partial charge in [0.25, 0.3) is 0 Å². The van der Waals surface area contributed by atoms with Crippen molar-refractivity contribution in [3.63, 3.8) is 0 Å². The number of hydrogen-bond donors (Lipinski definition) is 1. The number of nitrogens with zero attached hydrogens (tertiary/aromatic N) is 3. The Hall–Kier alpha value is -3.03. The minimum atomic E-state index is -1.51. The first-order chi connectivity index (χ1) is 12.0. The Bertz CT molecular complexity index is 901. The van der Waals surface area contributed by atoms with Crippen molar-refractivity contribution in [3.05, 3.63) is 57.8 Å². The average molecular weight is 328 g/mol. The maximum atomic E-state index is 9.99. The molecule has 0 amide bonds. The molecule has 0 saturated carbocycles. The van der Waals surface area contributed by atoms with Crippen LogP contribution in [-0.2, 0) is 0 Å². The van der Waals surface area contributed by atoms with Crippen LogP contribution in [0.1, 0.15) is 41.9 Å². The summed E-state index contributed by atoms with van der Waals surface area (Å²) in [5.41, 5.74) is 9.24. The van der Waals surface area contributed by atoms with Crippen molar-refractivity contribution in [3.8, 4) is 18.2 Å². The van der Waals surface area contributed by atoms with Gasteiger partial charge in [-0.05, 0) is 55.7 Å². The summed E-state index contributed by atoms with van der Waals surface area (Å²) in [6.07, 6.45) is 4.81. The molecule has 3 rings (SSSR count). The molecule has 0 spiro atoms. The van der Waals surface area contributed by atoms with Crippen molar-refractivity contribution in [2.24, 2.45) is 17.1 Å². The monoisotopic (exact) mass is 328 g/mol. The highest BCUT2D eigenvalue weighted by atomic mass is 14.7. The van der Waals surface area contributed by atoms with E-state index in [0.29, 0.717) is 5.57 Å². The summed E-state index contributed by atoms with van der Waals surface area (Å²) in [4.78, 5) is 0. The summed E-state index contributed by atoms with van der Waals surface area (Å²) in [5.74, 6) is -0.387. The Morgan fingerprint density at radius 3 is 2.52 bits per heavy atom. The van der Waals surface area contributed by atoms with Gasteiger partial charge in [-0.15, -0.1) is 0 Å². The van der Waals surface area contributed by atoms with Gasteiger partial charge >= 0.3 is 0 Å². The van der Waals surface area contributed by atoms with Crippen molar-refractivity contribution < 1.29 is 0 Å². The van der Waals surface area contributed by atoms with Gasteiger partial charge in [-0.1, -0.05) is 29.8 Å². The van der Waals surface area contributed by atoms with Gasteiger partial charge < -0.3 is 5.73 Å². The van der Waals surface area contributed by atoms with E-state index in [1.807, 2.05) is 26.0 Å². The van der Waals surface area contributed by atoms with Crippen molar-refractivity contribution in [2.45, 2.75) is 39.0 Å². The quantitative estimate of drug-likeness (QED) is 0.845. The largest absolute Gasteiger partial charge is 0.399 e. The molecule has 2 aliphatic rings. The second-order valence-electron chi connectivity index (χ2n) is 6.97. The standard InChI is InChI=1S/C21H20N4/c1-13-7-8-14(2)17(9-13)19-16-6-4-3-5-15(16)18(10-22)20(25)21(19,11-23)12-24/h5,7-9,16,19H,3-4,6,25H2,1-2H3/t16-,19+/m0/s1. The highest BCUT2D eigenvalue weighted by Gasteiger charge is 2.54. The number of hydrogen-bond acceptors (Lipinski definition) is 4. The first kappa shape index (κ1) is 16.8. The van der Waals surface area contributed by atoms with E-state index in [1.165, 1.54) is 0 Å². The van der Waals surface area contributed by atoms with E-state index in [2.05, 4.69) is 30.4 Å². The predicted molar refractivity (Wildman–Crippen MR) is 94.6 cm³/mol. The topological polar surface area (TPSA) is 97.4 Å². The summed E-state index contributed by atoms with van der Waals surface area (Å²) in [6, 6.07) is 12.6. The number of nitrogens with two attached hydrogens (primary N) is 1. The molecule has 0 fully saturated rings. The van der Waals surface area contributed by atoms with Gasteiger partial charge in [0.05, 0.1) is 23.4 Å². The minimum absolute atomic E-state index is 0.0319. The summed E-state index contributed by atoms with van der Waals surface area (Å²) < 4.78 is 0. The molecule has 2 aliphatic carbocycles. The zero-order valence-electron chi connectivity index (χ0n) is 14.5. The second kappa shape index (κ2) is 6.12. The van der Waals surface area contributed by atoms with Crippen LogP contribution in [0.4, 0.5) is 0 Å². The molecule has 0 unspecified atom stereocenters. The van der Waals surface area contributed by atoms with Gasteiger partial charge in [0.15, 0.2) is 5.41 Å². The van der Waals surface area contributed by atoms with E-state index in [1.54, 1.807) is 0 Å². The summed E-state index contributed by atoms with van der Waals surface area (Å²) >= 11 is 0. The molecule has 0 saturated heterocycles. The van der Waals surface area contributed by atoms with Crippen LogP contribution in [0.5, 0.6) is 0 Å². The highest BCUT2D eigenvalue weighted by molar-refractivity contribution is 5.59. The molecule has 0 heterocycles. The van der Waals surface area contributed by atoms with Crippen LogP contribution in [0.15, 0.2) is 41.1 Å². The van der Waals surface area contributed by atoms with E-state index in [9.17, 15) is 15.8 Å². The van der Waals surface area contributed by atoms with Crippen LogP contribution in [-0.4, -0.2) is 0 Å². The van der Waals surface area contributed by atoms with Gasteiger partial charge in [-0.25, -0.2) is 0 Å². The van der Waals surface area contributed by atoms with Crippen molar-refractivity contribution >= 4 is 0 Å². The predicted octanol–water partition coefficient (Wildman–Crippen LogP) is 3.90. The number of aryl methyl sites for hydroxylation is 2. The molecule has 2 atom stereocenters. The molecular formula is C21H20N4. The molecule has 0 radical (unpaired) electrons. The minimum Gasteiger partial charge on any atom is -0.399 e. The van der Waals surface area contributed by atoms with Crippen molar-refractivity contribution in [1.82, 2.24) is 0 Å². The smallest absolute Gasteiger partial charge is 0.191 e. The maximum Gasteiger partial charge on any atom is 0.191 e.